The van der Waals surface area contributed by atoms with Gasteiger partial charge in [-0.05, 0) is 52.0 Å². The zero-order valence-electron chi connectivity index (χ0n) is 14.4. The number of nitrogens with zero attached hydrogens (tertiary/aromatic N) is 1. The molecule has 1 amide bonds. The highest BCUT2D eigenvalue weighted by atomic mass is 32.1. The number of thiazole rings is 1. The molecule has 1 fully saturated rings. The van der Waals surface area contributed by atoms with Gasteiger partial charge in [0.25, 0.3) is 5.91 Å². The van der Waals surface area contributed by atoms with Gasteiger partial charge in [0.15, 0.2) is 0 Å². The van der Waals surface area contributed by atoms with Crippen LogP contribution in [0.3, 0.4) is 0 Å². The average Bonchev–Trinajstić information content (AvgIpc) is 2.91. The number of aliphatic hydroxyl groups excluding tert-OH is 1. The van der Waals surface area contributed by atoms with Crippen molar-refractivity contribution >= 4 is 17.2 Å². The lowest BCUT2D eigenvalue weighted by molar-refractivity contribution is 0.0870. The molecule has 1 saturated carbocycles. The van der Waals surface area contributed by atoms with Crippen LogP contribution in [-0.2, 0) is 0 Å². The van der Waals surface area contributed by atoms with Crippen molar-refractivity contribution in [3.63, 3.8) is 0 Å². The summed E-state index contributed by atoms with van der Waals surface area (Å²) in [4.78, 5) is 17.9. The number of aromatic nitrogens is 1. The molecule has 0 radical (unpaired) electrons. The van der Waals surface area contributed by atoms with E-state index in [0.717, 1.165) is 41.9 Å². The molecular weight excluding hydrogens is 320 g/mol. The van der Waals surface area contributed by atoms with Crippen molar-refractivity contribution in [1.29, 1.82) is 0 Å². The molecule has 2 N–H and O–H groups in total. The highest BCUT2D eigenvalue weighted by Gasteiger charge is 2.23. The van der Waals surface area contributed by atoms with Crippen LogP contribution in [0.4, 0.5) is 0 Å². The fourth-order valence-corrected chi connectivity index (χ4v) is 4.31. The summed E-state index contributed by atoms with van der Waals surface area (Å²) >= 11 is 1.46. The highest BCUT2D eigenvalue weighted by Crippen LogP contribution is 2.31. The lowest BCUT2D eigenvalue weighted by Gasteiger charge is -2.25. The van der Waals surface area contributed by atoms with Gasteiger partial charge in [-0.15, -0.1) is 11.3 Å². The maximum absolute atomic E-state index is 12.6. The quantitative estimate of drug-likeness (QED) is 0.891. The van der Waals surface area contributed by atoms with Crippen LogP contribution in [0.2, 0.25) is 0 Å². The zero-order valence-corrected chi connectivity index (χ0v) is 15.2. The molecule has 2 aromatic rings. The average molecular weight is 344 g/mol. The number of carbonyl (C=O) groups is 1. The Bertz CT molecular complexity index is 746. The highest BCUT2D eigenvalue weighted by molar-refractivity contribution is 7.17. The van der Waals surface area contributed by atoms with E-state index in [1.54, 1.807) is 0 Å². The molecule has 128 valence electrons. The summed E-state index contributed by atoms with van der Waals surface area (Å²) in [6, 6.07) is 6.45. The number of nitrogens with one attached hydrogen (secondary N) is 1. The third kappa shape index (κ3) is 3.68. The second-order valence-corrected chi connectivity index (χ2v) is 7.73. The van der Waals surface area contributed by atoms with Crippen LogP contribution in [-0.4, -0.2) is 28.1 Å². The van der Waals surface area contributed by atoms with Crippen LogP contribution in [0.1, 0.15) is 52.2 Å². The minimum atomic E-state index is -0.209. The maximum atomic E-state index is 12.6. The summed E-state index contributed by atoms with van der Waals surface area (Å²) in [7, 11) is 0. The van der Waals surface area contributed by atoms with Crippen molar-refractivity contribution in [2.24, 2.45) is 0 Å². The summed E-state index contributed by atoms with van der Waals surface area (Å²) in [6.07, 6.45) is 3.00. The summed E-state index contributed by atoms with van der Waals surface area (Å²) in [5.74, 6) is -0.0394. The van der Waals surface area contributed by atoms with E-state index in [0.29, 0.717) is 4.88 Å². The molecule has 0 atom stereocenters. The maximum Gasteiger partial charge on any atom is 0.263 e. The Balaban J connectivity index is 1.77. The van der Waals surface area contributed by atoms with E-state index in [9.17, 15) is 9.90 Å². The molecule has 1 aliphatic rings. The number of benzene rings is 1. The minimum Gasteiger partial charge on any atom is -0.393 e. The van der Waals surface area contributed by atoms with E-state index in [1.165, 1.54) is 22.5 Å². The van der Waals surface area contributed by atoms with Crippen LogP contribution in [0.25, 0.3) is 10.6 Å². The summed E-state index contributed by atoms with van der Waals surface area (Å²) in [5, 5.41) is 13.6. The van der Waals surface area contributed by atoms with Crippen LogP contribution < -0.4 is 5.32 Å². The lowest BCUT2D eigenvalue weighted by atomic mass is 9.93. The second kappa shape index (κ2) is 7.03. The Morgan fingerprint density at radius 1 is 1.21 bits per heavy atom. The molecule has 1 heterocycles. The fraction of sp³-hybridized carbons (Fsp3) is 0.474. The molecule has 0 bridgehead atoms. The molecule has 4 nitrogen and oxygen atoms in total. The van der Waals surface area contributed by atoms with E-state index in [1.807, 2.05) is 6.92 Å². The molecule has 1 aromatic carbocycles. The predicted molar refractivity (Wildman–Crippen MR) is 97.5 cm³/mol. The zero-order chi connectivity index (χ0) is 17.3. The third-order valence-electron chi connectivity index (χ3n) is 4.65. The third-order valence-corrected chi connectivity index (χ3v) is 5.84. The SMILES string of the molecule is Cc1ccc(-c2nc(C)c(C(=O)NC3CCC(O)CC3)s2)c(C)c1. The van der Waals surface area contributed by atoms with Gasteiger partial charge in [-0.25, -0.2) is 4.98 Å². The smallest absolute Gasteiger partial charge is 0.263 e. The molecule has 0 unspecified atom stereocenters. The standard InChI is InChI=1S/C19H24N2O2S/c1-11-4-9-16(12(2)10-11)19-20-13(3)17(24-19)18(23)21-14-5-7-15(22)8-6-14/h4,9-10,14-15,22H,5-8H2,1-3H3,(H,21,23). The van der Waals surface area contributed by atoms with E-state index in [-0.39, 0.29) is 18.1 Å². The summed E-state index contributed by atoms with van der Waals surface area (Å²) in [6.45, 7) is 6.04. The minimum absolute atomic E-state index is 0.0394. The molecular formula is C19H24N2O2S. The first kappa shape index (κ1) is 17.1. The van der Waals surface area contributed by atoms with Crippen molar-refractivity contribution in [3.05, 3.63) is 39.9 Å². The number of hydrogen-bond donors (Lipinski definition) is 2. The van der Waals surface area contributed by atoms with Crippen molar-refractivity contribution in [2.45, 2.75) is 58.6 Å². The van der Waals surface area contributed by atoms with E-state index >= 15 is 0 Å². The van der Waals surface area contributed by atoms with Gasteiger partial charge in [0.1, 0.15) is 9.88 Å². The van der Waals surface area contributed by atoms with Gasteiger partial charge in [0.05, 0.1) is 11.8 Å². The Labute approximate surface area is 146 Å². The first-order chi connectivity index (χ1) is 11.4. The monoisotopic (exact) mass is 344 g/mol. The first-order valence-corrected chi connectivity index (χ1v) is 9.29. The molecule has 24 heavy (non-hydrogen) atoms. The largest absolute Gasteiger partial charge is 0.393 e. The van der Waals surface area contributed by atoms with E-state index < -0.39 is 0 Å². The van der Waals surface area contributed by atoms with Gasteiger partial charge in [-0.1, -0.05) is 23.8 Å². The molecule has 1 aromatic heterocycles. The topological polar surface area (TPSA) is 62.2 Å². The molecule has 0 aliphatic heterocycles. The molecule has 0 spiro atoms. The van der Waals surface area contributed by atoms with Gasteiger partial charge in [-0.3, -0.25) is 4.79 Å². The normalized spacial score (nSPS) is 20.8. The van der Waals surface area contributed by atoms with Crippen LogP contribution in [0, 0.1) is 20.8 Å². The number of amides is 1. The lowest BCUT2D eigenvalue weighted by Crippen LogP contribution is -2.38. The van der Waals surface area contributed by atoms with Gasteiger partial charge in [-0.2, -0.15) is 0 Å². The Morgan fingerprint density at radius 3 is 2.58 bits per heavy atom. The summed E-state index contributed by atoms with van der Waals surface area (Å²) < 4.78 is 0. The number of aryl methyl sites for hydroxylation is 3. The Kier molecular flexibility index (Phi) is 5.01. The van der Waals surface area contributed by atoms with E-state index in [4.69, 9.17) is 0 Å². The van der Waals surface area contributed by atoms with Gasteiger partial charge < -0.3 is 10.4 Å². The fourth-order valence-electron chi connectivity index (χ4n) is 3.25. The van der Waals surface area contributed by atoms with Crippen molar-refractivity contribution in [1.82, 2.24) is 10.3 Å². The number of carbonyl (C=O) groups excluding carboxylic acids is 1. The van der Waals surface area contributed by atoms with Gasteiger partial charge >= 0.3 is 0 Å². The number of aliphatic hydroxyl groups is 1. The van der Waals surface area contributed by atoms with Gasteiger partial charge in [0, 0.05) is 11.6 Å². The molecule has 3 rings (SSSR count). The van der Waals surface area contributed by atoms with Crippen LogP contribution in [0.5, 0.6) is 0 Å². The van der Waals surface area contributed by atoms with Crippen molar-refractivity contribution < 1.29 is 9.90 Å². The Hall–Kier alpha value is -1.72. The number of rotatable bonds is 3. The predicted octanol–water partition coefficient (Wildman–Crippen LogP) is 3.77. The molecule has 5 heteroatoms. The molecule has 0 saturated heterocycles. The van der Waals surface area contributed by atoms with Crippen molar-refractivity contribution in [2.75, 3.05) is 0 Å². The van der Waals surface area contributed by atoms with Crippen LogP contribution >= 0.6 is 11.3 Å². The van der Waals surface area contributed by atoms with Crippen LogP contribution in [0.15, 0.2) is 18.2 Å². The number of hydrogen-bond acceptors (Lipinski definition) is 4. The second-order valence-electron chi connectivity index (χ2n) is 6.73. The summed E-state index contributed by atoms with van der Waals surface area (Å²) in [5.41, 5.74) is 4.27. The molecule has 1 aliphatic carbocycles. The van der Waals surface area contributed by atoms with Crippen molar-refractivity contribution in [3.8, 4) is 10.6 Å². The van der Waals surface area contributed by atoms with Gasteiger partial charge in [0.2, 0.25) is 0 Å². The van der Waals surface area contributed by atoms with E-state index in [2.05, 4.69) is 42.3 Å². The first-order valence-electron chi connectivity index (χ1n) is 8.48. The Morgan fingerprint density at radius 2 is 1.92 bits per heavy atom.